The lowest BCUT2D eigenvalue weighted by atomic mass is 9.78. The Morgan fingerprint density at radius 2 is 2.06 bits per heavy atom. The van der Waals surface area contributed by atoms with Crippen molar-refractivity contribution < 1.29 is 0 Å². The Morgan fingerprint density at radius 1 is 1.19 bits per heavy atom. The highest BCUT2D eigenvalue weighted by Gasteiger charge is 2.37. The van der Waals surface area contributed by atoms with Crippen molar-refractivity contribution in [3.8, 4) is 0 Å². The molecule has 3 unspecified atom stereocenters. The third kappa shape index (κ3) is 2.78. The van der Waals surface area contributed by atoms with Gasteiger partial charge in [0.1, 0.15) is 0 Å². The molecule has 1 N–H and O–H groups in total. The summed E-state index contributed by atoms with van der Waals surface area (Å²) in [6.07, 6.45) is 7.17. The molecule has 0 amide bonds. The average Bonchev–Trinajstić information content (AvgIpc) is 2.66. The SMILES string of the molecule is CCCC1CCN(C2CCC2CNCC)C1. The summed E-state index contributed by atoms with van der Waals surface area (Å²) in [6.45, 7) is 9.66. The van der Waals surface area contributed by atoms with Crippen LogP contribution < -0.4 is 5.32 Å². The Bertz CT molecular complexity index is 205. The first kappa shape index (κ1) is 12.4. The molecular weight excluding hydrogens is 196 g/mol. The van der Waals surface area contributed by atoms with Crippen LogP contribution in [0, 0.1) is 11.8 Å². The highest BCUT2D eigenvalue weighted by atomic mass is 15.2. The summed E-state index contributed by atoms with van der Waals surface area (Å²) in [4.78, 5) is 2.78. The lowest BCUT2D eigenvalue weighted by Gasteiger charge is -2.43. The Balaban J connectivity index is 1.72. The van der Waals surface area contributed by atoms with Crippen molar-refractivity contribution in [1.82, 2.24) is 10.2 Å². The fraction of sp³-hybridized carbons (Fsp3) is 1.00. The molecule has 0 aromatic heterocycles. The number of nitrogens with one attached hydrogen (secondary N) is 1. The molecule has 2 rings (SSSR count). The van der Waals surface area contributed by atoms with Crippen LogP contribution in [-0.2, 0) is 0 Å². The van der Waals surface area contributed by atoms with E-state index in [1.165, 1.54) is 51.7 Å². The number of hydrogen-bond acceptors (Lipinski definition) is 2. The summed E-state index contributed by atoms with van der Waals surface area (Å²) < 4.78 is 0. The molecule has 0 spiro atoms. The molecule has 1 saturated carbocycles. The Kier molecular flexibility index (Phi) is 4.66. The molecule has 0 aromatic carbocycles. The number of nitrogens with zero attached hydrogens (tertiary/aromatic N) is 1. The molecule has 0 bridgehead atoms. The maximum atomic E-state index is 3.51. The molecule has 16 heavy (non-hydrogen) atoms. The zero-order valence-corrected chi connectivity index (χ0v) is 11.0. The van der Waals surface area contributed by atoms with Gasteiger partial charge in [0.25, 0.3) is 0 Å². The largest absolute Gasteiger partial charge is 0.317 e. The summed E-state index contributed by atoms with van der Waals surface area (Å²) in [5, 5.41) is 3.51. The number of rotatable bonds is 6. The van der Waals surface area contributed by atoms with Crippen LogP contribution in [0.1, 0.15) is 46.0 Å². The van der Waals surface area contributed by atoms with Crippen LogP contribution in [0.3, 0.4) is 0 Å². The quantitative estimate of drug-likeness (QED) is 0.746. The van der Waals surface area contributed by atoms with Gasteiger partial charge in [-0.05, 0) is 57.2 Å². The fourth-order valence-electron chi connectivity index (χ4n) is 3.41. The molecule has 0 radical (unpaired) electrons. The Labute approximate surface area is 101 Å². The third-order valence-corrected chi connectivity index (χ3v) is 4.52. The molecule has 1 saturated heterocycles. The number of likely N-dealkylation sites (tertiary alicyclic amines) is 1. The van der Waals surface area contributed by atoms with Crippen LogP contribution >= 0.6 is 0 Å². The van der Waals surface area contributed by atoms with Gasteiger partial charge in [-0.25, -0.2) is 0 Å². The normalized spacial score (nSPS) is 35.2. The summed E-state index contributed by atoms with van der Waals surface area (Å²) >= 11 is 0. The lowest BCUT2D eigenvalue weighted by molar-refractivity contribution is 0.0790. The second-order valence-electron chi connectivity index (χ2n) is 5.65. The smallest absolute Gasteiger partial charge is 0.0136 e. The van der Waals surface area contributed by atoms with Gasteiger partial charge in [-0.15, -0.1) is 0 Å². The maximum Gasteiger partial charge on any atom is 0.0136 e. The van der Waals surface area contributed by atoms with Gasteiger partial charge < -0.3 is 5.32 Å². The predicted octanol–water partition coefficient (Wildman–Crippen LogP) is 2.50. The summed E-state index contributed by atoms with van der Waals surface area (Å²) in [7, 11) is 0. The molecule has 0 aromatic rings. The maximum absolute atomic E-state index is 3.51. The zero-order valence-electron chi connectivity index (χ0n) is 11.0. The van der Waals surface area contributed by atoms with Crippen molar-refractivity contribution in [1.29, 1.82) is 0 Å². The monoisotopic (exact) mass is 224 g/mol. The van der Waals surface area contributed by atoms with Crippen LogP contribution in [0.2, 0.25) is 0 Å². The fourth-order valence-corrected chi connectivity index (χ4v) is 3.41. The molecule has 3 atom stereocenters. The molecule has 1 heterocycles. The molecular formula is C14H28N2. The summed E-state index contributed by atoms with van der Waals surface area (Å²) in [6, 6.07) is 0.918. The van der Waals surface area contributed by atoms with E-state index in [1.54, 1.807) is 0 Å². The zero-order chi connectivity index (χ0) is 11.4. The molecule has 2 fully saturated rings. The minimum Gasteiger partial charge on any atom is -0.317 e. The first-order valence-electron chi connectivity index (χ1n) is 7.29. The first-order valence-corrected chi connectivity index (χ1v) is 7.29. The van der Waals surface area contributed by atoms with Gasteiger partial charge in [0.15, 0.2) is 0 Å². The summed E-state index contributed by atoms with van der Waals surface area (Å²) in [5.74, 6) is 1.95. The topological polar surface area (TPSA) is 15.3 Å². The first-order chi connectivity index (χ1) is 7.85. The molecule has 2 heteroatoms. The van der Waals surface area contributed by atoms with Crippen LogP contribution in [0.25, 0.3) is 0 Å². The van der Waals surface area contributed by atoms with E-state index < -0.39 is 0 Å². The minimum absolute atomic E-state index is 0.918. The van der Waals surface area contributed by atoms with Gasteiger partial charge in [0.2, 0.25) is 0 Å². The number of hydrogen-bond donors (Lipinski definition) is 1. The van der Waals surface area contributed by atoms with Crippen molar-refractivity contribution >= 4 is 0 Å². The second kappa shape index (κ2) is 6.02. The van der Waals surface area contributed by atoms with E-state index in [2.05, 4.69) is 24.1 Å². The van der Waals surface area contributed by atoms with Crippen LogP contribution in [0.4, 0.5) is 0 Å². The van der Waals surface area contributed by atoms with Crippen molar-refractivity contribution in [2.45, 2.75) is 52.0 Å². The predicted molar refractivity (Wildman–Crippen MR) is 69.6 cm³/mol. The Hall–Kier alpha value is -0.0800. The van der Waals surface area contributed by atoms with Gasteiger partial charge in [0.05, 0.1) is 0 Å². The lowest BCUT2D eigenvalue weighted by Crippen LogP contribution is -2.49. The van der Waals surface area contributed by atoms with E-state index in [0.717, 1.165) is 24.4 Å². The van der Waals surface area contributed by atoms with E-state index in [4.69, 9.17) is 0 Å². The van der Waals surface area contributed by atoms with Gasteiger partial charge in [-0.3, -0.25) is 4.90 Å². The van der Waals surface area contributed by atoms with E-state index in [0.29, 0.717) is 0 Å². The standard InChI is InChI=1S/C14H28N2/c1-3-5-12-8-9-16(11-12)14-7-6-13(14)10-15-4-2/h12-15H,3-11H2,1-2H3. The summed E-state index contributed by atoms with van der Waals surface area (Å²) in [5.41, 5.74) is 0. The van der Waals surface area contributed by atoms with Gasteiger partial charge in [-0.2, -0.15) is 0 Å². The van der Waals surface area contributed by atoms with E-state index in [9.17, 15) is 0 Å². The van der Waals surface area contributed by atoms with Crippen LogP contribution in [0.15, 0.2) is 0 Å². The van der Waals surface area contributed by atoms with Crippen LogP contribution in [0.5, 0.6) is 0 Å². The van der Waals surface area contributed by atoms with E-state index in [-0.39, 0.29) is 0 Å². The van der Waals surface area contributed by atoms with E-state index in [1.807, 2.05) is 0 Å². The van der Waals surface area contributed by atoms with Gasteiger partial charge >= 0.3 is 0 Å². The highest BCUT2D eigenvalue weighted by Crippen LogP contribution is 2.35. The molecule has 2 aliphatic rings. The average molecular weight is 224 g/mol. The molecule has 1 aliphatic heterocycles. The third-order valence-electron chi connectivity index (χ3n) is 4.52. The van der Waals surface area contributed by atoms with Gasteiger partial charge in [0, 0.05) is 12.6 Å². The van der Waals surface area contributed by atoms with Crippen molar-refractivity contribution in [3.05, 3.63) is 0 Å². The van der Waals surface area contributed by atoms with E-state index >= 15 is 0 Å². The van der Waals surface area contributed by atoms with Gasteiger partial charge in [-0.1, -0.05) is 20.3 Å². The molecule has 2 nitrogen and oxygen atoms in total. The van der Waals surface area contributed by atoms with Crippen molar-refractivity contribution in [2.24, 2.45) is 11.8 Å². The van der Waals surface area contributed by atoms with Crippen LogP contribution in [-0.4, -0.2) is 37.1 Å². The minimum atomic E-state index is 0.918. The highest BCUT2D eigenvalue weighted by molar-refractivity contribution is 4.93. The van der Waals surface area contributed by atoms with Crippen molar-refractivity contribution in [3.63, 3.8) is 0 Å². The van der Waals surface area contributed by atoms with Crippen molar-refractivity contribution in [2.75, 3.05) is 26.2 Å². The molecule has 1 aliphatic carbocycles. The molecule has 94 valence electrons. The Morgan fingerprint density at radius 3 is 2.69 bits per heavy atom. The second-order valence-corrected chi connectivity index (χ2v) is 5.65.